The molecule has 0 unspecified atom stereocenters. The highest BCUT2D eigenvalue weighted by Gasteiger charge is 2.02. The minimum atomic E-state index is -1.01. The monoisotopic (exact) mass is 285 g/mol. The van der Waals surface area contributed by atoms with Gasteiger partial charge in [0.2, 0.25) is 0 Å². The van der Waals surface area contributed by atoms with Crippen LogP contribution in [0.3, 0.4) is 0 Å². The lowest BCUT2D eigenvalue weighted by molar-refractivity contribution is 0.0686. The fourth-order valence-electron chi connectivity index (χ4n) is 1.52. The smallest absolute Gasteiger partial charge is 0.335 e. The molecular weight excluding hydrogens is 274 g/mol. The Morgan fingerprint density at radius 2 is 1.33 bits per heavy atom. The number of carbonyl (C=O) groups is 2. The molecule has 0 aromatic heterocycles. The molecule has 21 heavy (non-hydrogen) atoms. The Hall–Kier alpha value is -3.15. The molecule has 2 rings (SSSR count). The first-order chi connectivity index (χ1) is 10.1. The van der Waals surface area contributed by atoms with E-state index in [1.165, 1.54) is 42.6 Å². The van der Waals surface area contributed by atoms with Crippen molar-refractivity contribution in [2.24, 2.45) is 5.16 Å². The molecule has 0 aliphatic carbocycles. The molecule has 106 valence electrons. The Labute approximate surface area is 119 Å². The van der Waals surface area contributed by atoms with E-state index in [-0.39, 0.29) is 11.1 Å². The number of rotatable bonds is 5. The number of hydrogen-bond acceptors (Lipinski definition) is 4. The van der Waals surface area contributed by atoms with Gasteiger partial charge in [-0.25, -0.2) is 9.59 Å². The predicted octanol–water partition coefficient (Wildman–Crippen LogP) is 2.50. The first-order valence-electron chi connectivity index (χ1n) is 5.93. The van der Waals surface area contributed by atoms with E-state index in [0.29, 0.717) is 11.3 Å². The van der Waals surface area contributed by atoms with Crippen molar-refractivity contribution in [2.75, 3.05) is 0 Å². The van der Waals surface area contributed by atoms with Crippen LogP contribution in [0, 0.1) is 0 Å². The van der Waals surface area contributed by atoms with Crippen molar-refractivity contribution in [2.45, 2.75) is 0 Å². The summed E-state index contributed by atoms with van der Waals surface area (Å²) in [5.41, 5.74) is 1.04. The molecule has 0 fully saturated rings. The summed E-state index contributed by atoms with van der Waals surface area (Å²) in [6.07, 6.45) is 1.43. The molecule has 0 atom stereocenters. The van der Waals surface area contributed by atoms with Gasteiger partial charge in [-0.05, 0) is 42.0 Å². The molecule has 0 saturated carbocycles. The van der Waals surface area contributed by atoms with Gasteiger partial charge in [0.05, 0.1) is 17.3 Å². The number of carboxylic acid groups (broad SMARTS) is 2. The fraction of sp³-hybridized carbons (Fsp3) is 0. The largest absolute Gasteiger partial charge is 0.478 e. The van der Waals surface area contributed by atoms with Gasteiger partial charge in [0, 0.05) is 0 Å². The van der Waals surface area contributed by atoms with E-state index in [1.54, 1.807) is 12.1 Å². The first kappa shape index (κ1) is 14.3. The molecule has 0 spiro atoms. The molecule has 2 aromatic carbocycles. The SMILES string of the molecule is O=C(O)c1ccc(/C=N/Oc2ccc(C(=O)O)cc2)cc1. The van der Waals surface area contributed by atoms with Gasteiger partial charge in [-0.1, -0.05) is 17.3 Å². The zero-order chi connectivity index (χ0) is 15.2. The summed E-state index contributed by atoms with van der Waals surface area (Å²) in [4.78, 5) is 26.4. The minimum Gasteiger partial charge on any atom is -0.478 e. The third-order valence-electron chi connectivity index (χ3n) is 2.62. The number of nitrogens with zero attached hydrogens (tertiary/aromatic N) is 1. The summed E-state index contributed by atoms with van der Waals surface area (Å²) in [6, 6.07) is 11.9. The average molecular weight is 285 g/mol. The van der Waals surface area contributed by atoms with Crippen LogP contribution in [0.1, 0.15) is 26.3 Å². The van der Waals surface area contributed by atoms with Gasteiger partial charge in [-0.3, -0.25) is 0 Å². The van der Waals surface area contributed by atoms with Crippen molar-refractivity contribution in [3.05, 3.63) is 65.2 Å². The Balaban J connectivity index is 1.98. The summed E-state index contributed by atoms with van der Waals surface area (Å²) in [5.74, 6) is -1.60. The molecule has 2 N–H and O–H groups in total. The molecule has 6 heteroatoms. The molecule has 2 aromatic rings. The van der Waals surface area contributed by atoms with Crippen molar-refractivity contribution in [3.63, 3.8) is 0 Å². The van der Waals surface area contributed by atoms with E-state index < -0.39 is 11.9 Å². The highest BCUT2D eigenvalue weighted by Crippen LogP contribution is 2.12. The maximum Gasteiger partial charge on any atom is 0.335 e. The standard InChI is InChI=1S/C15H11NO5/c17-14(18)11-3-1-10(2-4-11)9-16-21-13-7-5-12(6-8-13)15(19)20/h1-9H,(H,17,18)(H,19,20)/b16-9+. The molecule has 0 heterocycles. The van der Waals surface area contributed by atoms with Gasteiger partial charge in [-0.15, -0.1) is 0 Å². The summed E-state index contributed by atoms with van der Waals surface area (Å²) < 4.78 is 0. The lowest BCUT2D eigenvalue weighted by atomic mass is 10.1. The Kier molecular flexibility index (Phi) is 4.30. The van der Waals surface area contributed by atoms with Crippen LogP contribution in [0.4, 0.5) is 0 Å². The van der Waals surface area contributed by atoms with Crippen molar-refractivity contribution in [1.82, 2.24) is 0 Å². The second-order valence-corrected chi connectivity index (χ2v) is 4.08. The highest BCUT2D eigenvalue weighted by atomic mass is 16.6. The number of carboxylic acids is 2. The predicted molar refractivity (Wildman–Crippen MR) is 75.0 cm³/mol. The quantitative estimate of drug-likeness (QED) is 0.650. The maximum absolute atomic E-state index is 10.7. The first-order valence-corrected chi connectivity index (χ1v) is 5.93. The van der Waals surface area contributed by atoms with Gasteiger partial charge >= 0.3 is 11.9 Å². The molecule has 0 aliphatic heterocycles. The molecule has 0 bridgehead atoms. The second kappa shape index (κ2) is 6.33. The number of benzene rings is 2. The maximum atomic E-state index is 10.7. The average Bonchev–Trinajstić information content (AvgIpc) is 2.48. The summed E-state index contributed by atoms with van der Waals surface area (Å²) in [5, 5.41) is 21.3. The lowest BCUT2D eigenvalue weighted by Gasteiger charge is -1.99. The summed E-state index contributed by atoms with van der Waals surface area (Å²) in [6.45, 7) is 0. The number of hydrogen-bond donors (Lipinski definition) is 2. The van der Waals surface area contributed by atoms with Crippen LogP contribution in [0.15, 0.2) is 53.7 Å². The van der Waals surface area contributed by atoms with Crippen LogP contribution >= 0.6 is 0 Å². The molecule has 0 saturated heterocycles. The molecular formula is C15H11NO5. The van der Waals surface area contributed by atoms with Crippen molar-refractivity contribution in [1.29, 1.82) is 0 Å². The third-order valence-corrected chi connectivity index (χ3v) is 2.62. The Bertz CT molecular complexity index is 674. The van der Waals surface area contributed by atoms with Crippen LogP contribution in [0.5, 0.6) is 5.75 Å². The molecule has 0 amide bonds. The van der Waals surface area contributed by atoms with Gasteiger partial charge in [0.1, 0.15) is 0 Å². The number of oxime groups is 1. The zero-order valence-electron chi connectivity index (χ0n) is 10.8. The molecule has 0 radical (unpaired) electrons. The van der Waals surface area contributed by atoms with Gasteiger partial charge in [0.25, 0.3) is 0 Å². The van der Waals surface area contributed by atoms with Gasteiger partial charge < -0.3 is 15.1 Å². The normalized spacial score (nSPS) is 10.5. The van der Waals surface area contributed by atoms with E-state index in [0.717, 1.165) is 0 Å². The van der Waals surface area contributed by atoms with Crippen LogP contribution in [0.2, 0.25) is 0 Å². The second-order valence-electron chi connectivity index (χ2n) is 4.08. The molecule has 0 aliphatic rings. The van der Waals surface area contributed by atoms with Crippen molar-refractivity contribution in [3.8, 4) is 5.75 Å². The highest BCUT2D eigenvalue weighted by molar-refractivity contribution is 5.89. The van der Waals surface area contributed by atoms with Crippen LogP contribution in [0.25, 0.3) is 0 Å². The van der Waals surface area contributed by atoms with E-state index in [4.69, 9.17) is 15.1 Å². The molecule has 6 nitrogen and oxygen atoms in total. The zero-order valence-corrected chi connectivity index (χ0v) is 10.8. The van der Waals surface area contributed by atoms with E-state index in [1.807, 2.05) is 0 Å². The van der Waals surface area contributed by atoms with Gasteiger partial charge in [-0.2, -0.15) is 0 Å². The summed E-state index contributed by atoms with van der Waals surface area (Å²) >= 11 is 0. The fourth-order valence-corrected chi connectivity index (χ4v) is 1.52. The number of aromatic carboxylic acids is 2. The Morgan fingerprint density at radius 1 is 0.857 bits per heavy atom. The van der Waals surface area contributed by atoms with E-state index in [2.05, 4.69) is 5.16 Å². The summed E-state index contributed by atoms with van der Waals surface area (Å²) in [7, 11) is 0. The van der Waals surface area contributed by atoms with E-state index >= 15 is 0 Å². The van der Waals surface area contributed by atoms with E-state index in [9.17, 15) is 9.59 Å². The van der Waals surface area contributed by atoms with Crippen molar-refractivity contribution < 1.29 is 24.6 Å². The van der Waals surface area contributed by atoms with Gasteiger partial charge in [0.15, 0.2) is 5.75 Å². The van der Waals surface area contributed by atoms with Crippen LogP contribution in [-0.2, 0) is 0 Å². The lowest BCUT2D eigenvalue weighted by Crippen LogP contribution is -1.96. The topological polar surface area (TPSA) is 96.2 Å². The van der Waals surface area contributed by atoms with Crippen molar-refractivity contribution >= 4 is 18.2 Å². The minimum absolute atomic E-state index is 0.163. The van der Waals surface area contributed by atoms with Crippen LogP contribution < -0.4 is 4.84 Å². The van der Waals surface area contributed by atoms with Crippen LogP contribution in [-0.4, -0.2) is 28.4 Å². The third kappa shape index (κ3) is 3.90. The Morgan fingerprint density at radius 3 is 1.81 bits per heavy atom.